The van der Waals surface area contributed by atoms with Crippen LogP contribution in [0.25, 0.3) is 11.0 Å². The Bertz CT molecular complexity index is 1130. The molecule has 0 aliphatic carbocycles. The molecule has 0 bridgehead atoms. The van der Waals surface area contributed by atoms with Crippen LogP contribution in [0.3, 0.4) is 0 Å². The molecule has 0 spiro atoms. The topological polar surface area (TPSA) is 106 Å². The molecule has 1 aromatic heterocycles. The lowest BCUT2D eigenvalue weighted by Crippen LogP contribution is -2.50. The number of hydrogen-bond donors (Lipinski definition) is 1. The second kappa shape index (κ2) is 7.99. The minimum Gasteiger partial charge on any atom is -0.444 e. The fourth-order valence-electron chi connectivity index (χ4n) is 4.36. The molecule has 1 aromatic carbocycles. The van der Waals surface area contributed by atoms with E-state index >= 15 is 0 Å². The number of imide groups is 1. The highest BCUT2D eigenvalue weighted by atomic mass is 16.6. The first-order chi connectivity index (χ1) is 15.1. The van der Waals surface area contributed by atoms with E-state index in [1.54, 1.807) is 16.5 Å². The summed E-state index contributed by atoms with van der Waals surface area (Å²) in [7, 11) is 1.69. The molecule has 1 N–H and O–H groups in total. The smallest absolute Gasteiger partial charge is 0.410 e. The first-order valence-corrected chi connectivity index (χ1v) is 10.8. The molecule has 3 amide bonds. The number of piperazine rings is 1. The molecule has 0 saturated carbocycles. The predicted octanol–water partition coefficient (Wildman–Crippen LogP) is 1.37. The molecule has 32 heavy (non-hydrogen) atoms. The minimum atomic E-state index is -0.719. The summed E-state index contributed by atoms with van der Waals surface area (Å²) in [6.45, 7) is 7.73. The van der Waals surface area contributed by atoms with Gasteiger partial charge in [-0.2, -0.15) is 0 Å². The highest BCUT2D eigenvalue weighted by molar-refractivity contribution is 6.00. The first kappa shape index (κ1) is 21.9. The lowest BCUT2D eigenvalue weighted by molar-refractivity contribution is -0.135. The largest absolute Gasteiger partial charge is 0.444 e. The normalized spacial score (nSPS) is 19.9. The Kier molecular flexibility index (Phi) is 5.47. The second-order valence-electron chi connectivity index (χ2n) is 9.28. The van der Waals surface area contributed by atoms with E-state index in [4.69, 9.17) is 4.74 Å². The number of amides is 3. The molecule has 10 heteroatoms. The molecule has 2 fully saturated rings. The molecular formula is C22H29N5O5. The zero-order valence-electron chi connectivity index (χ0n) is 18.9. The highest BCUT2D eigenvalue weighted by Crippen LogP contribution is 2.30. The van der Waals surface area contributed by atoms with Crippen LogP contribution < -0.4 is 15.9 Å². The van der Waals surface area contributed by atoms with Crippen molar-refractivity contribution in [2.75, 3.05) is 31.1 Å². The molecule has 2 aliphatic heterocycles. The summed E-state index contributed by atoms with van der Waals surface area (Å²) in [5.41, 5.74) is 1.41. The number of imidazole rings is 1. The van der Waals surface area contributed by atoms with Crippen LogP contribution >= 0.6 is 0 Å². The van der Waals surface area contributed by atoms with Gasteiger partial charge < -0.3 is 14.5 Å². The van der Waals surface area contributed by atoms with Gasteiger partial charge in [0.1, 0.15) is 11.6 Å². The number of aryl methyl sites for hydroxylation is 1. The molecule has 10 nitrogen and oxygen atoms in total. The highest BCUT2D eigenvalue weighted by Gasteiger charge is 2.32. The van der Waals surface area contributed by atoms with Crippen molar-refractivity contribution in [3.63, 3.8) is 0 Å². The van der Waals surface area contributed by atoms with Gasteiger partial charge in [-0.25, -0.2) is 9.59 Å². The lowest BCUT2D eigenvalue weighted by atomic mass is 10.1. The number of carbonyl (C=O) groups is 3. The number of benzene rings is 1. The number of hydrogen-bond acceptors (Lipinski definition) is 6. The molecule has 4 rings (SSSR count). The number of carbonyl (C=O) groups excluding carboxylic acids is 3. The third-order valence-electron chi connectivity index (χ3n) is 5.88. The number of nitrogens with zero attached hydrogens (tertiary/aromatic N) is 4. The molecule has 1 unspecified atom stereocenters. The van der Waals surface area contributed by atoms with E-state index in [1.807, 2.05) is 39.0 Å². The summed E-state index contributed by atoms with van der Waals surface area (Å²) in [4.78, 5) is 53.3. The third kappa shape index (κ3) is 3.96. The van der Waals surface area contributed by atoms with Crippen molar-refractivity contribution in [1.82, 2.24) is 19.4 Å². The van der Waals surface area contributed by atoms with Crippen molar-refractivity contribution in [2.24, 2.45) is 7.05 Å². The van der Waals surface area contributed by atoms with E-state index in [9.17, 15) is 19.2 Å². The Morgan fingerprint density at radius 3 is 2.41 bits per heavy atom. The van der Waals surface area contributed by atoms with Crippen LogP contribution in [0.4, 0.5) is 10.5 Å². The van der Waals surface area contributed by atoms with Gasteiger partial charge in [-0.1, -0.05) is 6.07 Å². The summed E-state index contributed by atoms with van der Waals surface area (Å²) in [6, 6.07) is 4.91. The molecule has 0 radical (unpaired) electrons. The Hall–Kier alpha value is -3.30. The summed E-state index contributed by atoms with van der Waals surface area (Å²) in [6.07, 6.45) is 0.167. The fourth-order valence-corrected chi connectivity index (χ4v) is 4.36. The van der Waals surface area contributed by atoms with Gasteiger partial charge in [-0.15, -0.1) is 0 Å². The number of nitrogens with one attached hydrogen (secondary N) is 1. The number of aromatic nitrogens is 2. The fraction of sp³-hybridized carbons (Fsp3) is 0.545. The summed E-state index contributed by atoms with van der Waals surface area (Å²) < 4.78 is 8.50. The van der Waals surface area contributed by atoms with E-state index in [-0.39, 0.29) is 24.1 Å². The molecule has 172 valence electrons. The van der Waals surface area contributed by atoms with E-state index in [1.165, 1.54) is 4.57 Å². The maximum Gasteiger partial charge on any atom is 0.410 e. The van der Waals surface area contributed by atoms with Crippen LogP contribution in [0.5, 0.6) is 0 Å². The van der Waals surface area contributed by atoms with Gasteiger partial charge in [0, 0.05) is 39.6 Å². The van der Waals surface area contributed by atoms with Crippen LogP contribution in [0.15, 0.2) is 23.0 Å². The average Bonchev–Trinajstić information content (AvgIpc) is 2.98. The molecular weight excluding hydrogens is 414 g/mol. The summed E-state index contributed by atoms with van der Waals surface area (Å²) in [5, 5.41) is 2.33. The maximum absolute atomic E-state index is 13.1. The van der Waals surface area contributed by atoms with Crippen molar-refractivity contribution in [3.8, 4) is 0 Å². The van der Waals surface area contributed by atoms with Crippen LogP contribution in [0.1, 0.15) is 39.7 Å². The van der Waals surface area contributed by atoms with Crippen LogP contribution in [0, 0.1) is 0 Å². The van der Waals surface area contributed by atoms with Crippen molar-refractivity contribution >= 4 is 34.6 Å². The molecule has 3 heterocycles. The Morgan fingerprint density at radius 2 is 1.78 bits per heavy atom. The van der Waals surface area contributed by atoms with Crippen molar-refractivity contribution in [3.05, 3.63) is 28.7 Å². The SMILES string of the molecule is Cn1c(=O)n(C2CCC(=O)NC2=O)c2cccc(N3CCN(C(=O)OC(C)(C)C)CC3)c21. The van der Waals surface area contributed by atoms with E-state index < -0.39 is 17.6 Å². The molecule has 1 atom stereocenters. The van der Waals surface area contributed by atoms with Gasteiger partial charge in [0.25, 0.3) is 0 Å². The Morgan fingerprint density at radius 1 is 1.09 bits per heavy atom. The zero-order chi connectivity index (χ0) is 23.2. The zero-order valence-corrected chi connectivity index (χ0v) is 18.9. The third-order valence-corrected chi connectivity index (χ3v) is 5.88. The molecule has 2 saturated heterocycles. The van der Waals surface area contributed by atoms with E-state index in [0.29, 0.717) is 38.1 Å². The van der Waals surface area contributed by atoms with E-state index in [0.717, 1.165) is 11.2 Å². The quantitative estimate of drug-likeness (QED) is 0.703. The van der Waals surface area contributed by atoms with Crippen molar-refractivity contribution in [2.45, 2.75) is 45.3 Å². The second-order valence-corrected chi connectivity index (χ2v) is 9.28. The van der Waals surface area contributed by atoms with Crippen molar-refractivity contribution < 1.29 is 19.1 Å². The monoisotopic (exact) mass is 443 g/mol. The molecule has 2 aromatic rings. The Balaban J connectivity index is 1.62. The van der Waals surface area contributed by atoms with Gasteiger partial charge in [0.15, 0.2) is 0 Å². The maximum atomic E-state index is 13.1. The van der Waals surface area contributed by atoms with E-state index in [2.05, 4.69) is 10.2 Å². The number of ether oxygens (including phenoxy) is 1. The summed E-state index contributed by atoms with van der Waals surface area (Å²) >= 11 is 0. The van der Waals surface area contributed by atoms with Gasteiger partial charge in [-0.3, -0.25) is 24.0 Å². The lowest BCUT2D eigenvalue weighted by Gasteiger charge is -2.37. The molecule has 2 aliphatic rings. The van der Waals surface area contributed by atoms with Gasteiger partial charge in [-0.05, 0) is 39.3 Å². The minimum absolute atomic E-state index is 0.200. The first-order valence-electron chi connectivity index (χ1n) is 10.8. The summed E-state index contributed by atoms with van der Waals surface area (Å²) in [5.74, 6) is -0.768. The van der Waals surface area contributed by atoms with Gasteiger partial charge in [0.05, 0.1) is 16.7 Å². The van der Waals surface area contributed by atoms with Crippen molar-refractivity contribution in [1.29, 1.82) is 0 Å². The van der Waals surface area contributed by atoms with Crippen LogP contribution in [-0.4, -0.2) is 63.7 Å². The standard InChI is InChI=1S/C22H29N5O5/c1-22(2,3)32-21(31)26-12-10-25(11-13-26)14-6-5-7-15-18(14)24(4)20(30)27(15)16-8-9-17(28)23-19(16)29/h5-7,16H,8-13H2,1-4H3,(H,23,28,29). The van der Waals surface area contributed by atoms with Gasteiger partial charge >= 0.3 is 11.8 Å². The number of fused-ring (bicyclic) bond motifs is 1. The predicted molar refractivity (Wildman–Crippen MR) is 119 cm³/mol. The number of anilines is 1. The van der Waals surface area contributed by atoms with Crippen LogP contribution in [0.2, 0.25) is 0 Å². The average molecular weight is 444 g/mol. The number of rotatable bonds is 2. The van der Waals surface area contributed by atoms with Gasteiger partial charge in [0.2, 0.25) is 11.8 Å². The number of para-hydroxylation sites is 1. The Labute approximate surface area is 185 Å². The number of piperidine rings is 1. The van der Waals surface area contributed by atoms with Crippen LogP contribution in [-0.2, 0) is 21.4 Å².